The molecule has 0 fully saturated rings. The van der Waals surface area contributed by atoms with E-state index in [-0.39, 0.29) is 5.75 Å². The molecular formula is C13H14N2O2. The number of imidazole rings is 1. The maximum atomic E-state index is 10.0. The summed E-state index contributed by atoms with van der Waals surface area (Å²) in [5.41, 5.74) is 1.89. The molecule has 1 unspecified atom stereocenters. The monoisotopic (exact) mass is 230 g/mol. The van der Waals surface area contributed by atoms with Gasteiger partial charge in [0.15, 0.2) is 0 Å². The lowest BCUT2D eigenvalue weighted by molar-refractivity contribution is 0.0807. The number of fused-ring (bicyclic) bond motifs is 1. The first-order valence-corrected chi connectivity index (χ1v) is 5.79. The molecule has 0 saturated carbocycles. The quantitative estimate of drug-likeness (QED) is 0.788. The third-order valence-corrected chi connectivity index (χ3v) is 3.17. The zero-order chi connectivity index (χ0) is 11.8. The van der Waals surface area contributed by atoms with Gasteiger partial charge in [-0.05, 0) is 31.4 Å². The van der Waals surface area contributed by atoms with Crippen LogP contribution < -0.4 is 0 Å². The lowest BCUT2D eigenvalue weighted by Gasteiger charge is -2.22. The highest BCUT2D eigenvalue weighted by atomic mass is 16.3. The first kappa shape index (κ1) is 10.4. The summed E-state index contributed by atoms with van der Waals surface area (Å²) in [7, 11) is 0. The van der Waals surface area contributed by atoms with Crippen LogP contribution in [0.2, 0.25) is 0 Å². The topological polar surface area (TPSA) is 58.3 Å². The number of aliphatic hydroxyl groups excluding tert-OH is 1. The standard InChI is InChI=1S/C13H14N2O2/c16-11-5-1-3-9(7-11)13-14-8-10-4-2-6-12(17)15(10)13/h1,3,5,7-8,12,16-17H,2,4,6H2. The Morgan fingerprint density at radius 2 is 2.24 bits per heavy atom. The molecule has 17 heavy (non-hydrogen) atoms. The van der Waals surface area contributed by atoms with Crippen molar-refractivity contribution in [3.05, 3.63) is 36.2 Å². The number of rotatable bonds is 1. The second-order valence-electron chi connectivity index (χ2n) is 4.37. The highest BCUT2D eigenvalue weighted by Gasteiger charge is 2.21. The van der Waals surface area contributed by atoms with Crippen molar-refractivity contribution in [2.75, 3.05) is 0 Å². The average molecular weight is 230 g/mol. The number of aromatic hydroxyl groups is 1. The van der Waals surface area contributed by atoms with Gasteiger partial charge < -0.3 is 14.8 Å². The number of phenols is 1. The SMILES string of the molecule is Oc1cccc(-c2ncc3n2C(O)CCC3)c1. The smallest absolute Gasteiger partial charge is 0.142 e. The second kappa shape index (κ2) is 3.89. The molecule has 0 bridgehead atoms. The third-order valence-electron chi connectivity index (χ3n) is 3.17. The summed E-state index contributed by atoms with van der Waals surface area (Å²) in [6, 6.07) is 6.95. The van der Waals surface area contributed by atoms with Crippen molar-refractivity contribution < 1.29 is 10.2 Å². The van der Waals surface area contributed by atoms with Crippen LogP contribution in [0.1, 0.15) is 24.8 Å². The van der Waals surface area contributed by atoms with Gasteiger partial charge in [0.1, 0.15) is 17.8 Å². The molecule has 88 valence electrons. The summed E-state index contributed by atoms with van der Waals surface area (Å²) in [6.07, 6.45) is 4.00. The zero-order valence-electron chi connectivity index (χ0n) is 9.37. The van der Waals surface area contributed by atoms with Crippen LogP contribution in [0.25, 0.3) is 11.4 Å². The molecule has 4 nitrogen and oxygen atoms in total. The van der Waals surface area contributed by atoms with Gasteiger partial charge in [0, 0.05) is 17.5 Å². The lowest BCUT2D eigenvalue weighted by Crippen LogP contribution is -2.17. The van der Waals surface area contributed by atoms with Gasteiger partial charge >= 0.3 is 0 Å². The van der Waals surface area contributed by atoms with Crippen molar-refractivity contribution in [1.82, 2.24) is 9.55 Å². The number of phenolic OH excluding ortho intramolecular Hbond substituents is 1. The number of benzene rings is 1. The first-order valence-electron chi connectivity index (χ1n) is 5.79. The number of aryl methyl sites for hydroxylation is 1. The molecule has 0 spiro atoms. The van der Waals surface area contributed by atoms with E-state index in [1.807, 2.05) is 16.8 Å². The second-order valence-corrected chi connectivity index (χ2v) is 4.37. The van der Waals surface area contributed by atoms with Crippen molar-refractivity contribution in [1.29, 1.82) is 0 Å². The fourth-order valence-corrected chi connectivity index (χ4v) is 2.37. The molecule has 0 saturated heterocycles. The van der Waals surface area contributed by atoms with Crippen LogP contribution in [0.3, 0.4) is 0 Å². The normalized spacial score (nSPS) is 19.0. The lowest BCUT2D eigenvalue weighted by atomic mass is 10.1. The molecule has 0 radical (unpaired) electrons. The van der Waals surface area contributed by atoms with Crippen molar-refractivity contribution >= 4 is 0 Å². The first-order chi connectivity index (χ1) is 8.25. The van der Waals surface area contributed by atoms with Gasteiger partial charge in [-0.15, -0.1) is 0 Å². The van der Waals surface area contributed by atoms with E-state index in [0.29, 0.717) is 0 Å². The van der Waals surface area contributed by atoms with Crippen molar-refractivity contribution in [2.24, 2.45) is 0 Å². The molecule has 1 aromatic carbocycles. The Morgan fingerprint density at radius 3 is 3.06 bits per heavy atom. The van der Waals surface area contributed by atoms with Crippen molar-refractivity contribution in [2.45, 2.75) is 25.5 Å². The van der Waals surface area contributed by atoms with E-state index >= 15 is 0 Å². The van der Waals surface area contributed by atoms with Crippen LogP contribution >= 0.6 is 0 Å². The molecule has 1 aromatic heterocycles. The highest BCUT2D eigenvalue weighted by Crippen LogP contribution is 2.30. The predicted octanol–water partition coefficient (Wildman–Crippen LogP) is 2.08. The van der Waals surface area contributed by atoms with Gasteiger partial charge in [-0.3, -0.25) is 0 Å². The number of aliphatic hydroxyl groups is 1. The van der Waals surface area contributed by atoms with E-state index in [1.54, 1.807) is 18.2 Å². The Morgan fingerprint density at radius 1 is 1.35 bits per heavy atom. The fourth-order valence-electron chi connectivity index (χ4n) is 2.37. The molecule has 1 aliphatic heterocycles. The van der Waals surface area contributed by atoms with Gasteiger partial charge in [-0.25, -0.2) is 4.98 Å². The maximum absolute atomic E-state index is 10.0. The van der Waals surface area contributed by atoms with Crippen LogP contribution in [0.4, 0.5) is 0 Å². The summed E-state index contributed by atoms with van der Waals surface area (Å²) >= 11 is 0. The summed E-state index contributed by atoms with van der Waals surface area (Å²) in [5.74, 6) is 0.938. The molecule has 0 amide bonds. The Bertz CT molecular complexity index is 548. The Labute approximate surface area is 99.2 Å². The van der Waals surface area contributed by atoms with E-state index in [2.05, 4.69) is 4.98 Å². The largest absolute Gasteiger partial charge is 0.508 e. The van der Waals surface area contributed by atoms with E-state index in [4.69, 9.17) is 0 Å². The Hall–Kier alpha value is -1.81. The molecule has 0 aliphatic carbocycles. The maximum Gasteiger partial charge on any atom is 0.142 e. The Balaban J connectivity index is 2.13. The van der Waals surface area contributed by atoms with Gasteiger partial charge in [0.2, 0.25) is 0 Å². The van der Waals surface area contributed by atoms with E-state index in [1.165, 1.54) is 0 Å². The predicted molar refractivity (Wildman–Crippen MR) is 63.5 cm³/mol. The molecule has 1 atom stereocenters. The molecule has 2 N–H and O–H groups in total. The average Bonchev–Trinajstić information content (AvgIpc) is 2.74. The Kier molecular flexibility index (Phi) is 2.37. The minimum atomic E-state index is -0.501. The molecule has 4 heteroatoms. The van der Waals surface area contributed by atoms with Gasteiger partial charge in [-0.2, -0.15) is 0 Å². The number of aromatic nitrogens is 2. The number of nitrogens with zero attached hydrogens (tertiary/aromatic N) is 2. The summed E-state index contributed by atoms with van der Waals surface area (Å²) in [6.45, 7) is 0. The third kappa shape index (κ3) is 1.70. The summed E-state index contributed by atoms with van der Waals surface area (Å²) < 4.78 is 1.86. The summed E-state index contributed by atoms with van der Waals surface area (Å²) in [5, 5.41) is 19.5. The fraction of sp³-hybridized carbons (Fsp3) is 0.308. The minimum Gasteiger partial charge on any atom is -0.508 e. The van der Waals surface area contributed by atoms with Crippen LogP contribution in [0, 0.1) is 0 Å². The highest BCUT2D eigenvalue weighted by molar-refractivity contribution is 5.58. The van der Waals surface area contributed by atoms with Crippen LogP contribution in [0.5, 0.6) is 5.75 Å². The van der Waals surface area contributed by atoms with Gasteiger partial charge in [-0.1, -0.05) is 12.1 Å². The van der Waals surface area contributed by atoms with Crippen molar-refractivity contribution in [3.8, 4) is 17.1 Å². The summed E-state index contributed by atoms with van der Waals surface area (Å²) in [4.78, 5) is 4.35. The van der Waals surface area contributed by atoms with Crippen LogP contribution in [0.15, 0.2) is 30.5 Å². The van der Waals surface area contributed by atoms with Crippen LogP contribution in [-0.4, -0.2) is 19.8 Å². The molecule has 1 aliphatic rings. The van der Waals surface area contributed by atoms with Gasteiger partial charge in [0.25, 0.3) is 0 Å². The van der Waals surface area contributed by atoms with Crippen molar-refractivity contribution in [3.63, 3.8) is 0 Å². The number of hydrogen-bond donors (Lipinski definition) is 2. The minimum absolute atomic E-state index is 0.213. The zero-order valence-corrected chi connectivity index (χ0v) is 9.37. The molecule has 3 rings (SSSR count). The van der Waals surface area contributed by atoms with E-state index in [9.17, 15) is 10.2 Å². The van der Waals surface area contributed by atoms with E-state index in [0.717, 1.165) is 36.3 Å². The molecular weight excluding hydrogens is 216 g/mol. The van der Waals surface area contributed by atoms with Gasteiger partial charge in [0.05, 0.1) is 0 Å². The number of hydrogen-bond acceptors (Lipinski definition) is 3. The molecule has 2 aromatic rings. The van der Waals surface area contributed by atoms with Crippen LogP contribution in [-0.2, 0) is 6.42 Å². The molecule has 2 heterocycles. The van der Waals surface area contributed by atoms with E-state index < -0.39 is 6.23 Å².